The molecule has 13 heavy (non-hydrogen) atoms. The smallest absolute Gasteiger partial charge is 0.0422 e. The second-order valence-electron chi connectivity index (χ2n) is 4.13. The van der Waals surface area contributed by atoms with Gasteiger partial charge in [0.15, 0.2) is 0 Å². The summed E-state index contributed by atoms with van der Waals surface area (Å²) in [6.45, 7) is 0. The molecule has 2 aliphatic rings. The highest BCUT2D eigenvalue weighted by Crippen LogP contribution is 2.50. The van der Waals surface area contributed by atoms with Crippen molar-refractivity contribution in [3.63, 3.8) is 0 Å². The van der Waals surface area contributed by atoms with E-state index in [2.05, 4.69) is 0 Å². The van der Waals surface area contributed by atoms with Crippen LogP contribution in [-0.2, 0) is 4.79 Å². The molecule has 2 saturated carbocycles. The fourth-order valence-corrected chi connectivity index (χ4v) is 3.43. The van der Waals surface area contributed by atoms with Crippen LogP contribution < -0.4 is 5.11 Å². The lowest BCUT2D eigenvalue weighted by atomic mass is 10.2. The summed E-state index contributed by atoms with van der Waals surface area (Å²) >= 11 is 1.87. The molecule has 0 amide bonds. The number of carboxylic acid groups (broad SMARTS) is 1. The third-order valence-corrected chi connectivity index (χ3v) is 4.38. The van der Waals surface area contributed by atoms with Gasteiger partial charge in [0.1, 0.15) is 0 Å². The minimum Gasteiger partial charge on any atom is -0.550 e. The van der Waals surface area contributed by atoms with Crippen LogP contribution in [0.5, 0.6) is 0 Å². The van der Waals surface area contributed by atoms with Gasteiger partial charge >= 0.3 is 0 Å². The molecule has 0 saturated heterocycles. The van der Waals surface area contributed by atoms with Gasteiger partial charge in [-0.1, -0.05) is 0 Å². The molecular formula is C10H15O2S-. The molecule has 74 valence electrons. The first-order valence-corrected chi connectivity index (χ1v) is 6.13. The Hall–Kier alpha value is -0.180. The van der Waals surface area contributed by atoms with Gasteiger partial charge in [0.25, 0.3) is 0 Å². The van der Waals surface area contributed by atoms with E-state index in [1.165, 1.54) is 25.7 Å². The lowest BCUT2D eigenvalue weighted by Gasteiger charge is -2.14. The number of carbonyl (C=O) groups is 1. The first-order valence-electron chi connectivity index (χ1n) is 5.09. The largest absolute Gasteiger partial charge is 0.550 e. The maximum absolute atomic E-state index is 10.2. The van der Waals surface area contributed by atoms with Gasteiger partial charge in [-0.25, -0.2) is 0 Å². The predicted octanol–water partition coefficient (Wildman–Crippen LogP) is 1.05. The van der Waals surface area contributed by atoms with E-state index in [1.54, 1.807) is 0 Å². The van der Waals surface area contributed by atoms with Crippen molar-refractivity contribution < 1.29 is 9.90 Å². The molecule has 0 unspecified atom stereocenters. The van der Waals surface area contributed by atoms with E-state index in [0.29, 0.717) is 0 Å². The zero-order chi connectivity index (χ0) is 9.26. The highest BCUT2D eigenvalue weighted by atomic mass is 32.2. The fraction of sp³-hybridized carbons (Fsp3) is 0.900. The molecule has 2 nitrogen and oxygen atoms in total. The number of hydrogen-bond donors (Lipinski definition) is 0. The Morgan fingerprint density at radius 3 is 2.23 bits per heavy atom. The Balaban J connectivity index is 1.67. The molecule has 0 bridgehead atoms. The van der Waals surface area contributed by atoms with E-state index in [-0.39, 0.29) is 6.42 Å². The first kappa shape index (κ1) is 9.38. The van der Waals surface area contributed by atoms with Crippen LogP contribution in [-0.4, -0.2) is 17.0 Å². The van der Waals surface area contributed by atoms with Crippen molar-refractivity contribution in [1.29, 1.82) is 0 Å². The average molecular weight is 199 g/mol. The maximum Gasteiger partial charge on any atom is 0.0422 e. The first-order chi connectivity index (χ1) is 6.27. The van der Waals surface area contributed by atoms with E-state index >= 15 is 0 Å². The van der Waals surface area contributed by atoms with Crippen LogP contribution in [0.3, 0.4) is 0 Å². The second-order valence-corrected chi connectivity index (χ2v) is 5.42. The molecule has 0 atom stereocenters. The van der Waals surface area contributed by atoms with Crippen molar-refractivity contribution in [1.82, 2.24) is 0 Å². The van der Waals surface area contributed by atoms with Crippen LogP contribution in [0.4, 0.5) is 0 Å². The third-order valence-electron chi connectivity index (χ3n) is 2.79. The van der Waals surface area contributed by atoms with Crippen LogP contribution in [0.15, 0.2) is 0 Å². The topological polar surface area (TPSA) is 40.1 Å². The lowest BCUT2D eigenvalue weighted by Crippen LogP contribution is -2.23. The average Bonchev–Trinajstić information content (AvgIpc) is 2.89. The second kappa shape index (κ2) is 3.91. The Labute approximate surface area is 83.1 Å². The summed E-state index contributed by atoms with van der Waals surface area (Å²) in [6, 6.07) is 0. The minimum atomic E-state index is -0.905. The number of carbonyl (C=O) groups excluding carboxylic acids is 1. The quantitative estimate of drug-likeness (QED) is 0.642. The van der Waals surface area contributed by atoms with Crippen molar-refractivity contribution in [3.8, 4) is 0 Å². The normalized spacial score (nSPS) is 22.2. The summed E-state index contributed by atoms with van der Waals surface area (Å²) in [7, 11) is 0. The molecule has 2 fully saturated rings. The van der Waals surface area contributed by atoms with E-state index in [4.69, 9.17) is 0 Å². The molecule has 0 aliphatic heterocycles. The Morgan fingerprint density at radius 2 is 1.85 bits per heavy atom. The Bertz CT molecular complexity index is 185. The SMILES string of the molecule is O=C([O-])CCSC(C1CC1)C1CC1. The molecule has 0 N–H and O–H groups in total. The van der Waals surface area contributed by atoms with Crippen molar-refractivity contribution in [2.24, 2.45) is 11.8 Å². The molecule has 0 aromatic rings. The van der Waals surface area contributed by atoms with Gasteiger partial charge in [0.05, 0.1) is 0 Å². The molecule has 0 aromatic heterocycles. The summed E-state index contributed by atoms with van der Waals surface area (Å²) in [6.07, 6.45) is 5.72. The Morgan fingerprint density at radius 1 is 1.31 bits per heavy atom. The Kier molecular flexibility index (Phi) is 2.82. The number of thioether (sulfide) groups is 1. The van der Waals surface area contributed by atoms with Gasteiger partial charge in [-0.3, -0.25) is 0 Å². The fourth-order valence-electron chi connectivity index (χ4n) is 1.78. The summed E-state index contributed by atoms with van der Waals surface area (Å²) < 4.78 is 0. The predicted molar refractivity (Wildman–Crippen MR) is 51.3 cm³/mol. The van der Waals surface area contributed by atoms with Crippen LogP contribution >= 0.6 is 11.8 Å². The zero-order valence-electron chi connectivity index (χ0n) is 7.70. The molecule has 0 radical (unpaired) electrons. The van der Waals surface area contributed by atoms with E-state index in [9.17, 15) is 9.90 Å². The third kappa shape index (κ3) is 2.90. The van der Waals surface area contributed by atoms with Crippen LogP contribution in [0.2, 0.25) is 0 Å². The number of aliphatic carboxylic acids is 1. The van der Waals surface area contributed by atoms with Crippen LogP contribution in [0.25, 0.3) is 0 Å². The molecule has 0 heterocycles. The van der Waals surface area contributed by atoms with Crippen LogP contribution in [0, 0.1) is 11.8 Å². The minimum absolute atomic E-state index is 0.223. The zero-order valence-corrected chi connectivity index (χ0v) is 8.52. The highest BCUT2D eigenvalue weighted by Gasteiger charge is 2.41. The molecule has 0 aromatic carbocycles. The number of rotatable bonds is 6. The van der Waals surface area contributed by atoms with Crippen molar-refractivity contribution in [2.75, 3.05) is 5.75 Å². The lowest BCUT2D eigenvalue weighted by molar-refractivity contribution is -0.305. The molecule has 0 spiro atoms. The number of carboxylic acids is 1. The van der Waals surface area contributed by atoms with Gasteiger partial charge in [-0.05, 0) is 49.7 Å². The van der Waals surface area contributed by atoms with Gasteiger partial charge in [0, 0.05) is 11.2 Å². The molecule has 3 heteroatoms. The molecule has 2 rings (SSSR count). The highest BCUT2D eigenvalue weighted by molar-refractivity contribution is 7.99. The van der Waals surface area contributed by atoms with Gasteiger partial charge < -0.3 is 9.90 Å². The number of hydrogen-bond acceptors (Lipinski definition) is 3. The summed E-state index contributed by atoms with van der Waals surface area (Å²) in [5, 5.41) is 11.0. The van der Waals surface area contributed by atoms with Gasteiger partial charge in [-0.15, -0.1) is 0 Å². The molecular weight excluding hydrogens is 184 g/mol. The van der Waals surface area contributed by atoms with E-state index in [1.807, 2.05) is 11.8 Å². The van der Waals surface area contributed by atoms with Gasteiger partial charge in [0.2, 0.25) is 0 Å². The van der Waals surface area contributed by atoms with Gasteiger partial charge in [-0.2, -0.15) is 11.8 Å². The van der Waals surface area contributed by atoms with E-state index < -0.39 is 5.97 Å². The van der Waals surface area contributed by atoms with Crippen molar-refractivity contribution in [2.45, 2.75) is 37.4 Å². The molecule has 2 aliphatic carbocycles. The van der Waals surface area contributed by atoms with Crippen molar-refractivity contribution >= 4 is 17.7 Å². The standard InChI is InChI=1S/C10H16O2S/c11-9(12)5-6-13-10(7-1-2-7)8-3-4-8/h7-8,10H,1-6H2,(H,11,12)/p-1. The van der Waals surface area contributed by atoms with E-state index in [0.717, 1.165) is 22.8 Å². The van der Waals surface area contributed by atoms with Crippen LogP contribution in [0.1, 0.15) is 32.1 Å². The maximum atomic E-state index is 10.2. The monoisotopic (exact) mass is 199 g/mol. The summed E-state index contributed by atoms with van der Waals surface area (Å²) in [4.78, 5) is 10.2. The summed E-state index contributed by atoms with van der Waals surface area (Å²) in [5.74, 6) is 1.68. The summed E-state index contributed by atoms with van der Waals surface area (Å²) in [5.41, 5.74) is 0. The van der Waals surface area contributed by atoms with Crippen molar-refractivity contribution in [3.05, 3.63) is 0 Å².